The van der Waals surface area contributed by atoms with Crippen molar-refractivity contribution in [2.75, 3.05) is 19.8 Å². The first-order valence-corrected chi connectivity index (χ1v) is 16.1. The summed E-state index contributed by atoms with van der Waals surface area (Å²) in [6.07, 6.45) is -1.18. The maximum atomic E-state index is 13.3. The van der Waals surface area contributed by atoms with Gasteiger partial charge in [-0.05, 0) is 30.7 Å². The van der Waals surface area contributed by atoms with E-state index >= 15 is 0 Å². The molecule has 280 valence electrons. The van der Waals surface area contributed by atoms with Crippen LogP contribution in [-0.2, 0) is 40.0 Å². The highest BCUT2D eigenvalue weighted by Crippen LogP contribution is 2.07. The summed E-state index contributed by atoms with van der Waals surface area (Å²) in [5, 5.41) is 52.6. The van der Waals surface area contributed by atoms with E-state index in [4.69, 9.17) is 5.73 Å². The number of nitrogens with two attached hydrogens (primary N) is 1. The first-order chi connectivity index (χ1) is 23.4. The van der Waals surface area contributed by atoms with E-state index in [1.807, 2.05) is 0 Å². The molecule has 0 bridgehead atoms. The Morgan fingerprint density at radius 3 is 1.70 bits per heavy atom. The minimum Gasteiger partial charge on any atom is -0.480 e. The molecule has 18 nitrogen and oxygen atoms in total. The fourth-order valence-corrected chi connectivity index (χ4v) is 4.49. The summed E-state index contributed by atoms with van der Waals surface area (Å²) in [7, 11) is 0. The zero-order valence-electron chi connectivity index (χ0n) is 28.8. The number of aliphatic carboxylic acids is 1. The van der Waals surface area contributed by atoms with Crippen LogP contribution in [0.5, 0.6) is 0 Å². The van der Waals surface area contributed by atoms with Gasteiger partial charge in [0.25, 0.3) is 0 Å². The Morgan fingerprint density at radius 2 is 1.20 bits per heavy atom. The van der Waals surface area contributed by atoms with E-state index in [9.17, 15) is 54.0 Å². The van der Waals surface area contributed by atoms with Crippen LogP contribution in [0.15, 0.2) is 30.3 Å². The van der Waals surface area contributed by atoms with Crippen LogP contribution in [0.25, 0.3) is 0 Å². The van der Waals surface area contributed by atoms with Gasteiger partial charge in [-0.15, -0.1) is 0 Å². The number of carbonyl (C=O) groups is 7. The Bertz CT molecular complexity index is 1310. The number of nitrogens with one attached hydrogen (secondary N) is 6. The molecule has 0 fully saturated rings. The molecule has 0 aromatic heterocycles. The third-order valence-electron chi connectivity index (χ3n) is 7.38. The number of benzene rings is 1. The van der Waals surface area contributed by atoms with Crippen molar-refractivity contribution < 1.29 is 54.0 Å². The van der Waals surface area contributed by atoms with Gasteiger partial charge in [0.2, 0.25) is 35.4 Å². The zero-order chi connectivity index (χ0) is 38.1. The predicted octanol–water partition coefficient (Wildman–Crippen LogP) is -3.75. The van der Waals surface area contributed by atoms with Gasteiger partial charge in [0.1, 0.15) is 36.3 Å². The van der Waals surface area contributed by atoms with E-state index < -0.39 is 109 Å². The molecular formula is C32H51N7O11. The number of amides is 6. The molecule has 1 aromatic rings. The normalized spacial score (nSPS) is 15.3. The summed E-state index contributed by atoms with van der Waals surface area (Å²) < 4.78 is 0. The second-order valence-electron chi connectivity index (χ2n) is 12.5. The summed E-state index contributed by atoms with van der Waals surface area (Å²) in [6, 6.07) is 0.253. The van der Waals surface area contributed by atoms with Crippen molar-refractivity contribution >= 4 is 41.4 Å². The summed E-state index contributed by atoms with van der Waals surface area (Å²) in [5.41, 5.74) is 6.23. The number of hydrogen-bond acceptors (Lipinski definition) is 11. The Hall–Kier alpha value is -4.65. The van der Waals surface area contributed by atoms with E-state index in [0.29, 0.717) is 5.56 Å². The van der Waals surface area contributed by atoms with Crippen molar-refractivity contribution in [1.82, 2.24) is 31.9 Å². The van der Waals surface area contributed by atoms with Crippen molar-refractivity contribution in [3.05, 3.63) is 35.9 Å². The quantitative estimate of drug-likeness (QED) is 0.0587. The highest BCUT2D eigenvalue weighted by molar-refractivity contribution is 5.96. The second kappa shape index (κ2) is 21.4. The zero-order valence-corrected chi connectivity index (χ0v) is 28.8. The van der Waals surface area contributed by atoms with Gasteiger partial charge in [-0.3, -0.25) is 28.8 Å². The van der Waals surface area contributed by atoms with Crippen LogP contribution in [0.1, 0.15) is 46.6 Å². The number of aliphatic hydroxyl groups excluding tert-OH is 3. The maximum Gasteiger partial charge on any atom is 0.326 e. The predicted molar refractivity (Wildman–Crippen MR) is 179 cm³/mol. The monoisotopic (exact) mass is 709 g/mol. The molecule has 7 atom stereocenters. The molecule has 1 rings (SSSR count). The van der Waals surface area contributed by atoms with Gasteiger partial charge in [-0.2, -0.15) is 0 Å². The van der Waals surface area contributed by atoms with Gasteiger partial charge in [-0.25, -0.2) is 4.79 Å². The standard InChI is InChI=1S/C32H51N7O11/c1-16(2)11-21(32(49)50)36-29(46)23(15-41)37-28(45)20(12-19-9-7-6-8-10-19)35-24(43)13-34-27(44)22(14-40)38-31(48)26(17(3)4)39-30(47)25(33)18(5)42/h6-10,16-18,20-23,25-26,40-42H,11-15,33H2,1-5H3,(H,34,44)(H,35,43)(H,36,46)(H,37,45)(H,38,48)(H,39,47)(H,49,50)/t18-,20+,21+,22+,23+,25+,26+/m1/s1. The number of carbonyl (C=O) groups excluding carboxylic acids is 6. The topological polar surface area (TPSA) is 299 Å². The van der Waals surface area contributed by atoms with Crippen LogP contribution in [-0.4, -0.2) is 124 Å². The summed E-state index contributed by atoms with van der Waals surface area (Å²) in [4.78, 5) is 88.6. The molecule has 0 radical (unpaired) electrons. The average Bonchev–Trinajstić information content (AvgIpc) is 3.05. The molecule has 12 N–H and O–H groups in total. The number of carboxylic acid groups (broad SMARTS) is 1. The van der Waals surface area contributed by atoms with Crippen molar-refractivity contribution in [3.8, 4) is 0 Å². The molecule has 6 amide bonds. The largest absolute Gasteiger partial charge is 0.480 e. The van der Waals surface area contributed by atoms with E-state index in [0.717, 1.165) is 0 Å². The Morgan fingerprint density at radius 1 is 0.680 bits per heavy atom. The number of carboxylic acids is 1. The van der Waals surface area contributed by atoms with Gasteiger partial charge >= 0.3 is 5.97 Å². The van der Waals surface area contributed by atoms with Crippen LogP contribution in [0.3, 0.4) is 0 Å². The van der Waals surface area contributed by atoms with Gasteiger partial charge in [0.05, 0.1) is 25.9 Å². The minimum atomic E-state index is -1.55. The van der Waals surface area contributed by atoms with Gasteiger partial charge in [-0.1, -0.05) is 58.0 Å². The molecule has 0 spiro atoms. The third-order valence-corrected chi connectivity index (χ3v) is 7.38. The van der Waals surface area contributed by atoms with Crippen molar-refractivity contribution in [3.63, 3.8) is 0 Å². The van der Waals surface area contributed by atoms with E-state index in [2.05, 4.69) is 31.9 Å². The number of rotatable bonds is 21. The number of hydrogen-bond donors (Lipinski definition) is 11. The molecule has 0 aliphatic rings. The molecule has 0 aliphatic heterocycles. The highest BCUT2D eigenvalue weighted by atomic mass is 16.4. The van der Waals surface area contributed by atoms with E-state index in [1.54, 1.807) is 58.0 Å². The molecular weight excluding hydrogens is 658 g/mol. The van der Waals surface area contributed by atoms with Crippen molar-refractivity contribution in [2.45, 2.75) is 89.8 Å². The molecule has 0 saturated heterocycles. The Balaban J connectivity index is 2.98. The molecule has 0 aliphatic carbocycles. The van der Waals surface area contributed by atoms with Crippen molar-refractivity contribution in [2.24, 2.45) is 17.6 Å². The lowest BCUT2D eigenvalue weighted by atomic mass is 10.0. The third kappa shape index (κ3) is 14.9. The fourth-order valence-electron chi connectivity index (χ4n) is 4.49. The van der Waals surface area contributed by atoms with E-state index in [1.165, 1.54) is 6.92 Å². The molecule has 1 aromatic carbocycles. The number of aliphatic hydroxyl groups is 3. The Labute approximate surface area is 290 Å². The highest BCUT2D eigenvalue weighted by Gasteiger charge is 2.32. The van der Waals surface area contributed by atoms with Crippen LogP contribution in [0.4, 0.5) is 0 Å². The molecule has 0 heterocycles. The molecule has 18 heteroatoms. The molecule has 0 unspecified atom stereocenters. The maximum absolute atomic E-state index is 13.3. The smallest absolute Gasteiger partial charge is 0.326 e. The van der Waals surface area contributed by atoms with Crippen molar-refractivity contribution in [1.29, 1.82) is 0 Å². The first kappa shape index (κ1) is 43.4. The molecule has 50 heavy (non-hydrogen) atoms. The first-order valence-electron chi connectivity index (χ1n) is 16.1. The van der Waals surface area contributed by atoms with E-state index in [-0.39, 0.29) is 18.8 Å². The average molecular weight is 710 g/mol. The lowest BCUT2D eigenvalue weighted by molar-refractivity contribution is -0.143. The minimum absolute atomic E-state index is 0.0758. The Kier molecular flexibility index (Phi) is 18.6. The SMILES string of the molecule is CC(C)C[C@H](NC(=O)[C@H](CO)NC(=O)[C@H](Cc1ccccc1)NC(=O)CNC(=O)[C@H](CO)NC(=O)[C@@H](NC(=O)[C@@H](N)[C@@H](C)O)C(C)C)C(=O)O. The van der Waals surface area contributed by atoms with Crippen LogP contribution >= 0.6 is 0 Å². The fraction of sp³-hybridized carbons (Fsp3) is 0.594. The summed E-state index contributed by atoms with van der Waals surface area (Å²) >= 11 is 0. The van der Waals surface area contributed by atoms with Crippen LogP contribution in [0.2, 0.25) is 0 Å². The van der Waals surface area contributed by atoms with Gasteiger partial charge in [0.15, 0.2) is 0 Å². The summed E-state index contributed by atoms with van der Waals surface area (Å²) in [6.45, 7) is 5.55. The lowest BCUT2D eigenvalue weighted by Crippen LogP contribution is -2.60. The summed E-state index contributed by atoms with van der Waals surface area (Å²) in [5.74, 6) is -7.21. The van der Waals surface area contributed by atoms with Crippen LogP contribution in [0, 0.1) is 11.8 Å². The molecule has 0 saturated carbocycles. The van der Waals surface area contributed by atoms with Gasteiger partial charge < -0.3 is 58.1 Å². The second-order valence-corrected chi connectivity index (χ2v) is 12.5. The van der Waals surface area contributed by atoms with Crippen LogP contribution < -0.4 is 37.6 Å². The lowest BCUT2D eigenvalue weighted by Gasteiger charge is -2.26. The van der Waals surface area contributed by atoms with Gasteiger partial charge in [0, 0.05) is 6.42 Å².